The Balaban J connectivity index is 0.00000392. The number of nitrogens with zero attached hydrogens (tertiary/aromatic N) is 2. The van der Waals surface area contributed by atoms with Gasteiger partial charge in [0, 0.05) is 31.7 Å². The lowest BCUT2D eigenvalue weighted by Crippen LogP contribution is -2.46. The summed E-state index contributed by atoms with van der Waals surface area (Å²) in [4.78, 5) is 7.13. The minimum absolute atomic E-state index is 0. The second-order valence-electron chi connectivity index (χ2n) is 7.32. The molecule has 2 rings (SSSR count). The maximum absolute atomic E-state index is 12.3. The van der Waals surface area contributed by atoms with Crippen LogP contribution in [0.25, 0.3) is 0 Å². The van der Waals surface area contributed by atoms with Crippen LogP contribution >= 0.6 is 24.0 Å². The molecule has 1 aromatic carbocycles. The van der Waals surface area contributed by atoms with Gasteiger partial charge in [0.1, 0.15) is 12.4 Å². The van der Waals surface area contributed by atoms with E-state index in [0.29, 0.717) is 30.3 Å². The van der Waals surface area contributed by atoms with E-state index in [1.54, 1.807) is 18.2 Å². The largest absolute Gasteiger partial charge is 0.488 e. The summed E-state index contributed by atoms with van der Waals surface area (Å²) in [6, 6.07) is 8.04. The van der Waals surface area contributed by atoms with Crippen LogP contribution in [-0.4, -0.2) is 55.6 Å². The number of alkyl halides is 2. The van der Waals surface area contributed by atoms with Gasteiger partial charge in [-0.15, -0.1) is 24.0 Å². The average Bonchev–Trinajstić information content (AvgIpc) is 2.99. The predicted molar refractivity (Wildman–Crippen MR) is 121 cm³/mol. The Bertz CT molecular complexity index is 616. The van der Waals surface area contributed by atoms with Crippen molar-refractivity contribution in [2.45, 2.75) is 52.7 Å². The number of likely N-dealkylation sites (tertiary alicyclic amines) is 1. The molecule has 2 atom stereocenters. The molecule has 0 amide bonds. The van der Waals surface area contributed by atoms with Gasteiger partial charge in [-0.25, -0.2) is 13.8 Å². The number of hydrogen-bond acceptors (Lipinski definition) is 3. The van der Waals surface area contributed by atoms with Crippen LogP contribution in [0.5, 0.6) is 5.75 Å². The Labute approximate surface area is 184 Å². The fraction of sp³-hybridized carbons (Fsp3) is 0.650. The SMILES string of the molecule is CCNC(=NCc1cccc(OCC(F)F)c1)NC1CN(C(C)C)CC1C.I. The summed E-state index contributed by atoms with van der Waals surface area (Å²) in [5, 5.41) is 6.83. The molecule has 2 N–H and O–H groups in total. The maximum Gasteiger partial charge on any atom is 0.272 e. The summed E-state index contributed by atoms with van der Waals surface area (Å²) in [7, 11) is 0. The average molecular weight is 510 g/mol. The third-order valence-corrected chi connectivity index (χ3v) is 4.73. The van der Waals surface area contributed by atoms with E-state index < -0.39 is 13.0 Å². The van der Waals surface area contributed by atoms with Crippen molar-refractivity contribution in [3.05, 3.63) is 29.8 Å². The van der Waals surface area contributed by atoms with Crippen LogP contribution in [0.1, 0.15) is 33.3 Å². The van der Waals surface area contributed by atoms with Crippen molar-refractivity contribution in [3.8, 4) is 5.75 Å². The van der Waals surface area contributed by atoms with Crippen molar-refractivity contribution in [1.29, 1.82) is 0 Å². The molecule has 1 aliphatic heterocycles. The lowest BCUT2D eigenvalue weighted by molar-refractivity contribution is 0.0818. The molecule has 0 saturated carbocycles. The Kier molecular flexibility index (Phi) is 11.0. The van der Waals surface area contributed by atoms with E-state index in [1.807, 2.05) is 13.0 Å². The van der Waals surface area contributed by atoms with Gasteiger partial charge in [-0.05, 0) is 44.4 Å². The summed E-state index contributed by atoms with van der Waals surface area (Å²) < 4.78 is 29.7. The molecule has 0 bridgehead atoms. The van der Waals surface area contributed by atoms with Gasteiger partial charge in [-0.2, -0.15) is 0 Å². The number of rotatable bonds is 8. The van der Waals surface area contributed by atoms with Crippen LogP contribution in [0.2, 0.25) is 0 Å². The van der Waals surface area contributed by atoms with Gasteiger partial charge >= 0.3 is 0 Å². The first-order chi connectivity index (χ1) is 12.9. The Morgan fingerprint density at radius 2 is 2.07 bits per heavy atom. The summed E-state index contributed by atoms with van der Waals surface area (Å²) in [6.07, 6.45) is -2.48. The molecule has 1 aromatic rings. The number of aliphatic imine (C=N–C) groups is 1. The van der Waals surface area contributed by atoms with Crippen LogP contribution in [0, 0.1) is 5.92 Å². The lowest BCUT2D eigenvalue weighted by Gasteiger charge is -2.22. The molecule has 1 heterocycles. The van der Waals surface area contributed by atoms with Gasteiger partial charge in [-0.1, -0.05) is 19.1 Å². The van der Waals surface area contributed by atoms with Crippen molar-refractivity contribution in [1.82, 2.24) is 15.5 Å². The van der Waals surface area contributed by atoms with Crippen LogP contribution in [0.4, 0.5) is 8.78 Å². The molecule has 8 heteroatoms. The van der Waals surface area contributed by atoms with E-state index in [2.05, 4.69) is 41.3 Å². The highest BCUT2D eigenvalue weighted by atomic mass is 127. The van der Waals surface area contributed by atoms with Gasteiger partial charge < -0.3 is 15.4 Å². The van der Waals surface area contributed by atoms with Gasteiger partial charge in [0.2, 0.25) is 0 Å². The van der Waals surface area contributed by atoms with E-state index in [1.165, 1.54) is 0 Å². The fourth-order valence-electron chi connectivity index (χ4n) is 3.17. The monoisotopic (exact) mass is 510 g/mol. The second kappa shape index (κ2) is 12.4. The number of benzene rings is 1. The topological polar surface area (TPSA) is 48.9 Å². The Morgan fingerprint density at radius 3 is 2.68 bits per heavy atom. The van der Waals surface area contributed by atoms with Crippen LogP contribution in [0.15, 0.2) is 29.3 Å². The maximum atomic E-state index is 12.3. The molecule has 0 radical (unpaired) electrons. The quantitative estimate of drug-likeness (QED) is 0.318. The third-order valence-electron chi connectivity index (χ3n) is 4.73. The summed E-state index contributed by atoms with van der Waals surface area (Å²) in [6.45, 7) is 11.5. The van der Waals surface area contributed by atoms with Crippen LogP contribution in [-0.2, 0) is 6.54 Å². The summed E-state index contributed by atoms with van der Waals surface area (Å²) in [5.74, 6) is 1.76. The minimum atomic E-state index is -2.48. The zero-order valence-electron chi connectivity index (χ0n) is 17.1. The number of hydrogen-bond donors (Lipinski definition) is 2. The molecule has 2 unspecified atom stereocenters. The Hall–Kier alpha value is -1.16. The molecule has 28 heavy (non-hydrogen) atoms. The molecule has 0 aromatic heterocycles. The zero-order valence-corrected chi connectivity index (χ0v) is 19.5. The van der Waals surface area contributed by atoms with Crippen LogP contribution in [0.3, 0.4) is 0 Å². The number of nitrogens with one attached hydrogen (secondary N) is 2. The normalized spacial score (nSPS) is 20.4. The Morgan fingerprint density at radius 1 is 1.32 bits per heavy atom. The van der Waals surface area contributed by atoms with E-state index in [4.69, 9.17) is 4.74 Å². The smallest absolute Gasteiger partial charge is 0.272 e. The number of guanidine groups is 1. The number of halogens is 3. The van der Waals surface area contributed by atoms with Gasteiger partial charge in [0.25, 0.3) is 6.43 Å². The van der Waals surface area contributed by atoms with E-state index in [0.717, 1.165) is 31.2 Å². The summed E-state index contributed by atoms with van der Waals surface area (Å²) in [5.41, 5.74) is 0.919. The molecule has 160 valence electrons. The second-order valence-corrected chi connectivity index (χ2v) is 7.32. The van der Waals surface area contributed by atoms with Crippen molar-refractivity contribution in [2.75, 3.05) is 26.2 Å². The van der Waals surface area contributed by atoms with Crippen LogP contribution < -0.4 is 15.4 Å². The molecular formula is C20H33F2IN4O. The number of ether oxygens (including phenoxy) is 1. The first-order valence-electron chi connectivity index (χ1n) is 9.67. The molecular weight excluding hydrogens is 477 g/mol. The molecule has 1 saturated heterocycles. The van der Waals surface area contributed by atoms with Gasteiger partial charge in [0.05, 0.1) is 6.54 Å². The van der Waals surface area contributed by atoms with E-state index in [9.17, 15) is 8.78 Å². The lowest BCUT2D eigenvalue weighted by atomic mass is 10.1. The predicted octanol–water partition coefficient (Wildman–Crippen LogP) is 3.73. The first kappa shape index (κ1) is 24.9. The molecule has 0 spiro atoms. The highest BCUT2D eigenvalue weighted by molar-refractivity contribution is 14.0. The van der Waals surface area contributed by atoms with E-state index in [-0.39, 0.29) is 24.0 Å². The van der Waals surface area contributed by atoms with Crippen molar-refractivity contribution in [2.24, 2.45) is 10.9 Å². The molecule has 0 aliphatic carbocycles. The minimum Gasteiger partial charge on any atom is -0.488 e. The molecule has 5 nitrogen and oxygen atoms in total. The van der Waals surface area contributed by atoms with E-state index >= 15 is 0 Å². The molecule has 1 fully saturated rings. The fourth-order valence-corrected chi connectivity index (χ4v) is 3.17. The molecule has 1 aliphatic rings. The first-order valence-corrected chi connectivity index (χ1v) is 9.67. The highest BCUT2D eigenvalue weighted by Gasteiger charge is 2.31. The van der Waals surface area contributed by atoms with Crippen molar-refractivity contribution >= 4 is 29.9 Å². The standard InChI is InChI=1S/C20H32F2N4O.HI/c1-5-23-20(25-18-12-26(14(2)3)11-15(18)4)24-10-16-7-6-8-17(9-16)27-13-19(21)22;/h6-9,14-15,18-19H,5,10-13H2,1-4H3,(H2,23,24,25);1H. The van der Waals surface area contributed by atoms with Gasteiger partial charge in [-0.3, -0.25) is 4.90 Å². The zero-order chi connectivity index (χ0) is 19.8. The van der Waals surface area contributed by atoms with Gasteiger partial charge in [0.15, 0.2) is 5.96 Å². The third kappa shape index (κ3) is 8.06. The summed E-state index contributed by atoms with van der Waals surface area (Å²) >= 11 is 0. The highest BCUT2D eigenvalue weighted by Crippen LogP contribution is 2.19. The van der Waals surface area contributed by atoms with Crippen molar-refractivity contribution < 1.29 is 13.5 Å². The van der Waals surface area contributed by atoms with Crippen molar-refractivity contribution in [3.63, 3.8) is 0 Å².